The number of aromatic amines is 1. The van der Waals surface area contributed by atoms with Gasteiger partial charge in [0.15, 0.2) is 17.6 Å². The number of amides is 1. The fourth-order valence-corrected chi connectivity index (χ4v) is 4.20. The van der Waals surface area contributed by atoms with Gasteiger partial charge in [-0.3, -0.25) is 4.79 Å². The first-order chi connectivity index (χ1) is 18.9. The Labute approximate surface area is 226 Å². The molecular formula is C30H32N2O7. The monoisotopic (exact) mass is 532 g/mol. The number of hydrogen-bond donors (Lipinski definition) is 5. The van der Waals surface area contributed by atoms with Crippen molar-refractivity contribution in [1.29, 1.82) is 0 Å². The van der Waals surface area contributed by atoms with Crippen molar-refractivity contribution in [1.82, 2.24) is 10.3 Å². The highest BCUT2D eigenvalue weighted by atomic mass is 16.5. The number of phenolic OH excluding ortho intramolecular Hbond substituents is 1. The first-order valence-corrected chi connectivity index (χ1v) is 12.4. The van der Waals surface area contributed by atoms with Crippen LogP contribution >= 0.6 is 0 Å². The maximum absolute atomic E-state index is 12.2. The van der Waals surface area contributed by atoms with Crippen molar-refractivity contribution in [2.75, 3.05) is 27.4 Å². The molecule has 0 saturated heterocycles. The van der Waals surface area contributed by atoms with E-state index < -0.39 is 18.8 Å². The molecule has 0 spiro atoms. The standard InChI is InChI=1S/C30H32N2O7/c1-37-26-11-6-20(15-27(26)38-2)30(36)28(18-33)39-23-9-10-25-24(16-23)21(17-32-25)13-14-31-29(35)12-5-19-3-7-22(34)8-4-19/h3-12,15-17,28,30,32-34,36H,13-14,18H2,1-2H3,(H,31,35)/b12-5+/t28-,30-/m1/s1. The number of nitrogens with one attached hydrogen (secondary N) is 2. The second-order valence-corrected chi connectivity index (χ2v) is 8.89. The molecule has 0 fully saturated rings. The Bertz CT molecular complexity index is 1430. The van der Waals surface area contributed by atoms with E-state index in [1.54, 1.807) is 54.6 Å². The van der Waals surface area contributed by atoms with Crippen LogP contribution in [0.3, 0.4) is 0 Å². The average Bonchev–Trinajstić information content (AvgIpc) is 3.36. The second-order valence-electron chi connectivity index (χ2n) is 8.89. The zero-order valence-corrected chi connectivity index (χ0v) is 21.8. The lowest BCUT2D eigenvalue weighted by molar-refractivity contribution is -0.116. The molecule has 5 N–H and O–H groups in total. The van der Waals surface area contributed by atoms with Crippen LogP contribution in [0.15, 0.2) is 72.9 Å². The molecular weight excluding hydrogens is 500 g/mol. The lowest BCUT2D eigenvalue weighted by Gasteiger charge is -2.23. The summed E-state index contributed by atoms with van der Waals surface area (Å²) < 4.78 is 16.5. The molecule has 0 radical (unpaired) electrons. The number of phenols is 1. The number of benzene rings is 3. The topological polar surface area (TPSA) is 133 Å². The molecule has 2 atom stereocenters. The van der Waals surface area contributed by atoms with E-state index in [1.807, 2.05) is 18.3 Å². The molecule has 9 nitrogen and oxygen atoms in total. The first-order valence-electron chi connectivity index (χ1n) is 12.4. The van der Waals surface area contributed by atoms with Crippen molar-refractivity contribution in [2.24, 2.45) is 0 Å². The van der Waals surface area contributed by atoms with Gasteiger partial charge < -0.3 is 39.8 Å². The van der Waals surface area contributed by atoms with Crippen LogP contribution in [0.2, 0.25) is 0 Å². The van der Waals surface area contributed by atoms with Gasteiger partial charge in [-0.05, 0) is 71.7 Å². The molecule has 39 heavy (non-hydrogen) atoms. The molecule has 9 heteroatoms. The van der Waals surface area contributed by atoms with Gasteiger partial charge in [0.25, 0.3) is 0 Å². The number of fused-ring (bicyclic) bond motifs is 1. The normalized spacial score (nSPS) is 12.8. The highest BCUT2D eigenvalue weighted by Gasteiger charge is 2.24. The van der Waals surface area contributed by atoms with E-state index in [9.17, 15) is 20.1 Å². The summed E-state index contributed by atoms with van der Waals surface area (Å²) in [4.78, 5) is 15.4. The van der Waals surface area contributed by atoms with E-state index >= 15 is 0 Å². The Hall–Kier alpha value is -4.47. The zero-order valence-electron chi connectivity index (χ0n) is 21.8. The van der Waals surface area contributed by atoms with Gasteiger partial charge >= 0.3 is 0 Å². The molecule has 1 amide bonds. The van der Waals surface area contributed by atoms with Gasteiger partial charge in [-0.15, -0.1) is 0 Å². The Kier molecular flexibility index (Phi) is 9.09. The van der Waals surface area contributed by atoms with Crippen LogP contribution in [0.1, 0.15) is 22.8 Å². The average molecular weight is 533 g/mol. The third-order valence-corrected chi connectivity index (χ3v) is 6.32. The van der Waals surface area contributed by atoms with Crippen molar-refractivity contribution < 1.29 is 34.3 Å². The second kappa shape index (κ2) is 12.9. The smallest absolute Gasteiger partial charge is 0.244 e. The van der Waals surface area contributed by atoms with Gasteiger partial charge in [0.05, 0.1) is 20.8 Å². The first kappa shape index (κ1) is 27.6. The molecule has 3 aromatic carbocycles. The van der Waals surface area contributed by atoms with Gasteiger partial charge in [0, 0.05) is 29.7 Å². The van der Waals surface area contributed by atoms with E-state index in [4.69, 9.17) is 14.2 Å². The van der Waals surface area contributed by atoms with E-state index in [0.29, 0.717) is 35.8 Å². The third kappa shape index (κ3) is 6.90. The maximum atomic E-state index is 12.2. The van der Waals surface area contributed by atoms with Crippen LogP contribution in [0.4, 0.5) is 0 Å². The van der Waals surface area contributed by atoms with Crippen LogP contribution < -0.4 is 19.5 Å². The number of aliphatic hydroxyl groups excluding tert-OH is 2. The summed E-state index contributed by atoms with van der Waals surface area (Å²) in [6.07, 6.45) is 3.57. The lowest BCUT2D eigenvalue weighted by atomic mass is 10.0. The summed E-state index contributed by atoms with van der Waals surface area (Å²) >= 11 is 0. The van der Waals surface area contributed by atoms with Gasteiger partial charge in [0.2, 0.25) is 5.91 Å². The Balaban J connectivity index is 1.39. The van der Waals surface area contributed by atoms with Gasteiger partial charge in [0.1, 0.15) is 17.6 Å². The van der Waals surface area contributed by atoms with Crippen molar-refractivity contribution in [2.45, 2.75) is 18.6 Å². The van der Waals surface area contributed by atoms with Crippen LogP contribution in [-0.4, -0.2) is 59.7 Å². The molecule has 4 rings (SSSR count). The van der Waals surface area contributed by atoms with Gasteiger partial charge in [-0.25, -0.2) is 0 Å². The molecule has 0 aliphatic heterocycles. The number of aromatic hydroxyl groups is 1. The highest BCUT2D eigenvalue weighted by molar-refractivity contribution is 5.91. The van der Waals surface area contributed by atoms with Crippen LogP contribution in [0.5, 0.6) is 23.0 Å². The number of hydrogen-bond acceptors (Lipinski definition) is 7. The number of rotatable bonds is 12. The summed E-state index contributed by atoms with van der Waals surface area (Å²) in [7, 11) is 3.04. The Morgan fingerprint density at radius 3 is 2.51 bits per heavy atom. The van der Waals surface area contributed by atoms with E-state index in [0.717, 1.165) is 22.0 Å². The number of aromatic nitrogens is 1. The molecule has 4 aromatic rings. The number of carbonyl (C=O) groups excluding carboxylic acids is 1. The molecule has 0 aliphatic rings. The van der Waals surface area contributed by atoms with E-state index in [2.05, 4.69) is 10.3 Å². The summed E-state index contributed by atoms with van der Waals surface area (Å²) in [6, 6.07) is 17.1. The molecule has 1 aromatic heterocycles. The molecule has 0 bridgehead atoms. The number of aliphatic hydroxyl groups is 2. The van der Waals surface area contributed by atoms with Crippen LogP contribution in [0, 0.1) is 0 Å². The van der Waals surface area contributed by atoms with Crippen LogP contribution in [-0.2, 0) is 11.2 Å². The molecule has 0 unspecified atom stereocenters. The molecule has 1 heterocycles. The molecule has 204 valence electrons. The summed E-state index contributed by atoms with van der Waals surface area (Å²) in [5, 5.41) is 34.0. The fraction of sp³-hybridized carbons (Fsp3) is 0.233. The Morgan fingerprint density at radius 1 is 1.03 bits per heavy atom. The summed E-state index contributed by atoms with van der Waals surface area (Å²) in [6.45, 7) is 0.0192. The van der Waals surface area contributed by atoms with Gasteiger partial charge in [-0.2, -0.15) is 0 Å². The number of ether oxygens (including phenoxy) is 3. The van der Waals surface area contributed by atoms with Crippen molar-refractivity contribution in [3.8, 4) is 23.0 Å². The SMILES string of the molecule is COc1ccc([C@@H](O)[C@@H](CO)Oc2ccc3[nH]cc(CCNC(=O)/C=C/c4ccc(O)cc4)c3c2)cc1OC. The number of carbonyl (C=O) groups is 1. The maximum Gasteiger partial charge on any atom is 0.244 e. The van der Waals surface area contributed by atoms with Crippen molar-refractivity contribution >= 4 is 22.9 Å². The lowest BCUT2D eigenvalue weighted by Crippen LogP contribution is -2.29. The minimum absolute atomic E-state index is 0.171. The van der Waals surface area contributed by atoms with E-state index in [1.165, 1.54) is 20.3 Å². The predicted molar refractivity (Wildman–Crippen MR) is 148 cm³/mol. The third-order valence-electron chi connectivity index (χ3n) is 6.32. The Morgan fingerprint density at radius 2 is 1.79 bits per heavy atom. The summed E-state index contributed by atoms with van der Waals surface area (Å²) in [5.41, 5.74) is 3.21. The summed E-state index contributed by atoms with van der Waals surface area (Å²) in [5.74, 6) is 1.44. The highest BCUT2D eigenvalue weighted by Crippen LogP contribution is 2.32. The minimum Gasteiger partial charge on any atom is -0.508 e. The van der Waals surface area contributed by atoms with E-state index in [-0.39, 0.29) is 11.7 Å². The van der Waals surface area contributed by atoms with Crippen molar-refractivity contribution in [3.63, 3.8) is 0 Å². The molecule has 0 saturated carbocycles. The van der Waals surface area contributed by atoms with Crippen LogP contribution in [0.25, 0.3) is 17.0 Å². The van der Waals surface area contributed by atoms with Crippen molar-refractivity contribution in [3.05, 3.63) is 89.6 Å². The largest absolute Gasteiger partial charge is 0.508 e. The number of methoxy groups -OCH3 is 2. The fourth-order valence-electron chi connectivity index (χ4n) is 4.20. The predicted octanol–water partition coefficient (Wildman–Crippen LogP) is 3.74. The zero-order chi connectivity index (χ0) is 27.8. The number of H-pyrrole nitrogens is 1. The minimum atomic E-state index is -1.11. The molecule has 0 aliphatic carbocycles. The van der Waals surface area contributed by atoms with Gasteiger partial charge in [-0.1, -0.05) is 18.2 Å². The quantitative estimate of drug-likeness (QED) is 0.176.